The molecule has 0 saturated heterocycles. The van der Waals surface area contributed by atoms with Crippen LogP contribution in [-0.2, 0) is 4.79 Å². The molecule has 0 aliphatic heterocycles. The van der Waals surface area contributed by atoms with Gasteiger partial charge in [0.25, 0.3) is 0 Å². The fourth-order valence-corrected chi connectivity index (χ4v) is 2.77. The Balaban J connectivity index is 1.88. The molecule has 1 aromatic carbocycles. The van der Waals surface area contributed by atoms with Gasteiger partial charge in [-0.15, -0.1) is 0 Å². The fourth-order valence-electron chi connectivity index (χ4n) is 2.47. The zero-order chi connectivity index (χ0) is 14.5. The molecule has 1 saturated carbocycles. The van der Waals surface area contributed by atoms with Crippen molar-refractivity contribution in [2.45, 2.75) is 51.1 Å². The molecule has 0 bridgehead atoms. The van der Waals surface area contributed by atoms with E-state index in [2.05, 4.69) is 10.6 Å². The molecule has 1 fully saturated rings. The van der Waals surface area contributed by atoms with Gasteiger partial charge in [-0.2, -0.15) is 0 Å². The van der Waals surface area contributed by atoms with Crippen LogP contribution in [-0.4, -0.2) is 18.0 Å². The molecule has 2 N–H and O–H groups in total. The first-order valence-corrected chi connectivity index (χ1v) is 7.84. The number of halogens is 2. The molecular formula is C15H20Cl2N2O. The predicted molar refractivity (Wildman–Crippen MR) is 84.6 cm³/mol. The van der Waals surface area contributed by atoms with Crippen molar-refractivity contribution >= 4 is 34.8 Å². The topological polar surface area (TPSA) is 41.1 Å². The Labute approximate surface area is 130 Å². The van der Waals surface area contributed by atoms with Gasteiger partial charge in [-0.25, -0.2) is 0 Å². The summed E-state index contributed by atoms with van der Waals surface area (Å²) in [4.78, 5) is 12.1. The summed E-state index contributed by atoms with van der Waals surface area (Å²) in [7, 11) is 0. The third kappa shape index (κ3) is 4.29. The average molecular weight is 315 g/mol. The third-order valence-electron chi connectivity index (χ3n) is 3.65. The van der Waals surface area contributed by atoms with Gasteiger partial charge in [0.1, 0.15) is 6.04 Å². The first kappa shape index (κ1) is 15.5. The standard InChI is InChI=1S/C15H20Cl2N2O/c1-10(15(20)19-11-5-3-2-4-6-11)18-12-7-8-13(16)14(17)9-12/h7-11,18H,2-6H2,1H3,(H,19,20). The highest BCUT2D eigenvalue weighted by molar-refractivity contribution is 6.42. The Morgan fingerprint density at radius 3 is 2.55 bits per heavy atom. The quantitative estimate of drug-likeness (QED) is 0.872. The molecule has 1 unspecified atom stereocenters. The lowest BCUT2D eigenvalue weighted by Gasteiger charge is -2.25. The van der Waals surface area contributed by atoms with E-state index in [4.69, 9.17) is 23.2 Å². The highest BCUT2D eigenvalue weighted by atomic mass is 35.5. The van der Waals surface area contributed by atoms with Crippen molar-refractivity contribution in [3.8, 4) is 0 Å². The van der Waals surface area contributed by atoms with E-state index in [0.29, 0.717) is 16.1 Å². The van der Waals surface area contributed by atoms with E-state index in [9.17, 15) is 4.79 Å². The average Bonchev–Trinajstić information content (AvgIpc) is 2.44. The van der Waals surface area contributed by atoms with E-state index < -0.39 is 0 Å². The normalized spacial score (nSPS) is 17.6. The number of benzene rings is 1. The van der Waals surface area contributed by atoms with Gasteiger partial charge >= 0.3 is 0 Å². The molecule has 110 valence electrons. The van der Waals surface area contributed by atoms with Gasteiger partial charge in [-0.1, -0.05) is 42.5 Å². The lowest BCUT2D eigenvalue weighted by Crippen LogP contribution is -2.43. The van der Waals surface area contributed by atoms with E-state index in [1.54, 1.807) is 12.1 Å². The number of nitrogens with one attached hydrogen (secondary N) is 2. The molecular weight excluding hydrogens is 295 g/mol. The van der Waals surface area contributed by atoms with Crippen LogP contribution in [0.2, 0.25) is 10.0 Å². The molecule has 1 aromatic rings. The minimum absolute atomic E-state index is 0.0305. The van der Waals surface area contributed by atoms with Crippen LogP contribution in [0.25, 0.3) is 0 Å². The first-order valence-electron chi connectivity index (χ1n) is 7.08. The van der Waals surface area contributed by atoms with Crippen molar-refractivity contribution < 1.29 is 4.79 Å². The van der Waals surface area contributed by atoms with Crippen LogP contribution in [0, 0.1) is 0 Å². The first-order chi connectivity index (χ1) is 9.56. The van der Waals surface area contributed by atoms with Gasteiger partial charge in [0.15, 0.2) is 0 Å². The van der Waals surface area contributed by atoms with Gasteiger partial charge in [0, 0.05) is 11.7 Å². The van der Waals surface area contributed by atoms with Crippen LogP contribution in [0.4, 0.5) is 5.69 Å². The molecule has 20 heavy (non-hydrogen) atoms. The molecule has 0 spiro atoms. The summed E-state index contributed by atoms with van der Waals surface area (Å²) >= 11 is 11.8. The Morgan fingerprint density at radius 2 is 1.90 bits per heavy atom. The Kier molecular flexibility index (Phi) is 5.55. The largest absolute Gasteiger partial charge is 0.374 e. The Morgan fingerprint density at radius 1 is 1.20 bits per heavy atom. The lowest BCUT2D eigenvalue weighted by atomic mass is 9.95. The van der Waals surface area contributed by atoms with Crippen molar-refractivity contribution in [3.05, 3.63) is 28.2 Å². The predicted octanol–water partition coefficient (Wildman–Crippen LogP) is 4.24. The van der Waals surface area contributed by atoms with Crippen LogP contribution >= 0.6 is 23.2 Å². The summed E-state index contributed by atoms with van der Waals surface area (Å²) in [6, 6.07) is 5.30. The molecule has 5 heteroatoms. The maximum absolute atomic E-state index is 12.1. The highest BCUT2D eigenvalue weighted by Crippen LogP contribution is 2.25. The minimum Gasteiger partial charge on any atom is -0.374 e. The number of carbonyl (C=O) groups excluding carboxylic acids is 1. The summed E-state index contributed by atoms with van der Waals surface area (Å²) in [6.07, 6.45) is 5.87. The third-order valence-corrected chi connectivity index (χ3v) is 4.39. The maximum Gasteiger partial charge on any atom is 0.242 e. The van der Waals surface area contributed by atoms with Crippen LogP contribution in [0.5, 0.6) is 0 Å². The molecule has 0 heterocycles. The molecule has 1 aliphatic carbocycles. The summed E-state index contributed by atoms with van der Waals surface area (Å²) in [6.45, 7) is 1.85. The maximum atomic E-state index is 12.1. The summed E-state index contributed by atoms with van der Waals surface area (Å²) in [5.41, 5.74) is 0.797. The van der Waals surface area contributed by atoms with Gasteiger partial charge in [-0.05, 0) is 38.0 Å². The van der Waals surface area contributed by atoms with Crippen molar-refractivity contribution in [2.24, 2.45) is 0 Å². The summed E-state index contributed by atoms with van der Waals surface area (Å²) in [5, 5.41) is 7.24. The van der Waals surface area contributed by atoms with Crippen LogP contribution in [0.15, 0.2) is 18.2 Å². The number of amides is 1. The molecule has 1 amide bonds. The van der Waals surface area contributed by atoms with Gasteiger partial charge in [0.05, 0.1) is 10.0 Å². The lowest BCUT2D eigenvalue weighted by molar-refractivity contribution is -0.122. The zero-order valence-electron chi connectivity index (χ0n) is 11.6. The van der Waals surface area contributed by atoms with Crippen LogP contribution < -0.4 is 10.6 Å². The van der Waals surface area contributed by atoms with Crippen molar-refractivity contribution in [2.75, 3.05) is 5.32 Å². The highest BCUT2D eigenvalue weighted by Gasteiger charge is 2.19. The second kappa shape index (κ2) is 7.19. The summed E-state index contributed by atoms with van der Waals surface area (Å²) in [5.74, 6) is 0.0305. The van der Waals surface area contributed by atoms with E-state index in [-0.39, 0.29) is 11.9 Å². The Bertz CT molecular complexity index is 473. The van der Waals surface area contributed by atoms with E-state index in [1.165, 1.54) is 19.3 Å². The van der Waals surface area contributed by atoms with E-state index in [0.717, 1.165) is 18.5 Å². The second-order valence-corrected chi connectivity index (χ2v) is 6.15. The number of anilines is 1. The van der Waals surface area contributed by atoms with E-state index >= 15 is 0 Å². The van der Waals surface area contributed by atoms with Crippen molar-refractivity contribution in [1.82, 2.24) is 5.32 Å². The van der Waals surface area contributed by atoms with Gasteiger partial charge < -0.3 is 10.6 Å². The number of hydrogen-bond acceptors (Lipinski definition) is 2. The number of hydrogen-bond donors (Lipinski definition) is 2. The second-order valence-electron chi connectivity index (χ2n) is 5.34. The number of carbonyl (C=O) groups is 1. The van der Waals surface area contributed by atoms with Crippen LogP contribution in [0.1, 0.15) is 39.0 Å². The molecule has 0 radical (unpaired) electrons. The smallest absolute Gasteiger partial charge is 0.242 e. The zero-order valence-corrected chi connectivity index (χ0v) is 13.1. The molecule has 1 atom stereocenters. The molecule has 1 aliphatic rings. The summed E-state index contributed by atoms with van der Waals surface area (Å²) < 4.78 is 0. The van der Waals surface area contributed by atoms with Gasteiger partial charge in [-0.3, -0.25) is 4.79 Å². The van der Waals surface area contributed by atoms with Gasteiger partial charge in [0.2, 0.25) is 5.91 Å². The molecule has 3 nitrogen and oxygen atoms in total. The minimum atomic E-state index is -0.297. The van der Waals surface area contributed by atoms with Crippen LogP contribution in [0.3, 0.4) is 0 Å². The van der Waals surface area contributed by atoms with Crippen molar-refractivity contribution in [1.29, 1.82) is 0 Å². The Hall–Kier alpha value is -0.930. The van der Waals surface area contributed by atoms with E-state index in [1.807, 2.05) is 13.0 Å². The SMILES string of the molecule is CC(Nc1ccc(Cl)c(Cl)c1)C(=O)NC1CCCCC1. The fraction of sp³-hybridized carbons (Fsp3) is 0.533. The monoisotopic (exact) mass is 314 g/mol. The molecule has 0 aromatic heterocycles. The van der Waals surface area contributed by atoms with Crippen molar-refractivity contribution in [3.63, 3.8) is 0 Å². The molecule has 2 rings (SSSR count). The number of rotatable bonds is 4.